The number of carbonyl (C=O) groups excluding carboxylic acids is 1. The maximum Gasteiger partial charge on any atom is 0.410 e. The number of ether oxygens (including phenoxy) is 1. The molecule has 1 fully saturated rings. The minimum absolute atomic E-state index is 0.227. The largest absolute Gasteiger partial charge is 0.444 e. The van der Waals surface area contributed by atoms with Gasteiger partial charge in [-0.15, -0.1) is 0 Å². The van der Waals surface area contributed by atoms with Gasteiger partial charge in [-0.25, -0.2) is 9.78 Å². The van der Waals surface area contributed by atoms with Gasteiger partial charge in [-0.05, 0) is 41.0 Å². The van der Waals surface area contributed by atoms with E-state index in [4.69, 9.17) is 4.74 Å². The SMILES string of the molecule is Cc1nc(C2CCN(C(=O)OC(C)(C)C)C2)[nH]c1C. The molecule has 19 heavy (non-hydrogen) atoms. The van der Waals surface area contributed by atoms with Crippen molar-refractivity contribution in [1.29, 1.82) is 0 Å². The molecule has 106 valence electrons. The van der Waals surface area contributed by atoms with Gasteiger partial charge in [0.05, 0.1) is 5.69 Å². The summed E-state index contributed by atoms with van der Waals surface area (Å²) in [7, 11) is 0. The Kier molecular flexibility index (Phi) is 3.56. The maximum atomic E-state index is 12.0. The Morgan fingerprint density at radius 3 is 2.63 bits per heavy atom. The third-order valence-corrected chi connectivity index (χ3v) is 3.37. The lowest BCUT2D eigenvalue weighted by Gasteiger charge is -2.24. The van der Waals surface area contributed by atoms with Crippen LogP contribution >= 0.6 is 0 Å². The van der Waals surface area contributed by atoms with Gasteiger partial charge in [0.15, 0.2) is 0 Å². The van der Waals surface area contributed by atoms with Crippen molar-refractivity contribution in [1.82, 2.24) is 14.9 Å². The second-order valence-corrected chi connectivity index (χ2v) is 6.24. The van der Waals surface area contributed by atoms with Crippen LogP contribution < -0.4 is 0 Å². The van der Waals surface area contributed by atoms with Gasteiger partial charge in [0, 0.05) is 24.7 Å². The minimum Gasteiger partial charge on any atom is -0.444 e. The van der Waals surface area contributed by atoms with E-state index in [0.717, 1.165) is 30.2 Å². The molecule has 0 aromatic carbocycles. The van der Waals surface area contributed by atoms with E-state index in [0.29, 0.717) is 12.5 Å². The average Bonchev–Trinajstić information content (AvgIpc) is 2.84. The fourth-order valence-corrected chi connectivity index (χ4v) is 2.24. The number of aryl methyl sites for hydroxylation is 2. The van der Waals surface area contributed by atoms with Crippen LogP contribution in [0.2, 0.25) is 0 Å². The normalized spacial score (nSPS) is 19.8. The topological polar surface area (TPSA) is 58.2 Å². The van der Waals surface area contributed by atoms with E-state index in [1.165, 1.54) is 0 Å². The van der Waals surface area contributed by atoms with Crippen molar-refractivity contribution < 1.29 is 9.53 Å². The Bertz CT molecular complexity index is 454. The van der Waals surface area contributed by atoms with Crippen LogP contribution in [0.4, 0.5) is 4.79 Å². The molecule has 0 aliphatic carbocycles. The molecule has 1 N–H and O–H groups in total. The molecular weight excluding hydrogens is 242 g/mol. The van der Waals surface area contributed by atoms with Crippen LogP contribution in [0.25, 0.3) is 0 Å². The van der Waals surface area contributed by atoms with Gasteiger partial charge in [-0.2, -0.15) is 0 Å². The predicted octanol–water partition coefficient (Wildman–Crippen LogP) is 2.75. The van der Waals surface area contributed by atoms with E-state index in [2.05, 4.69) is 9.97 Å². The highest BCUT2D eigenvalue weighted by Crippen LogP contribution is 2.27. The first-order valence-electron chi connectivity index (χ1n) is 6.77. The Morgan fingerprint density at radius 1 is 1.42 bits per heavy atom. The molecule has 1 aromatic heterocycles. The summed E-state index contributed by atoms with van der Waals surface area (Å²) in [5.41, 5.74) is 1.70. The zero-order valence-corrected chi connectivity index (χ0v) is 12.4. The van der Waals surface area contributed by atoms with Crippen molar-refractivity contribution in [3.63, 3.8) is 0 Å². The predicted molar refractivity (Wildman–Crippen MR) is 73.2 cm³/mol. The number of likely N-dealkylation sites (tertiary alicyclic amines) is 1. The number of H-pyrrole nitrogens is 1. The molecule has 0 spiro atoms. The van der Waals surface area contributed by atoms with Crippen molar-refractivity contribution in [3.05, 3.63) is 17.2 Å². The number of hydrogen-bond acceptors (Lipinski definition) is 3. The van der Waals surface area contributed by atoms with Crippen molar-refractivity contribution in [2.75, 3.05) is 13.1 Å². The van der Waals surface area contributed by atoms with E-state index in [1.807, 2.05) is 34.6 Å². The molecule has 1 aliphatic rings. The van der Waals surface area contributed by atoms with Crippen LogP contribution in [0.1, 0.15) is 50.3 Å². The number of nitrogens with one attached hydrogen (secondary N) is 1. The highest BCUT2D eigenvalue weighted by Gasteiger charge is 2.31. The van der Waals surface area contributed by atoms with Gasteiger partial charge in [0.1, 0.15) is 11.4 Å². The number of imidazole rings is 1. The smallest absolute Gasteiger partial charge is 0.410 e. The molecule has 2 heterocycles. The summed E-state index contributed by atoms with van der Waals surface area (Å²) >= 11 is 0. The van der Waals surface area contributed by atoms with E-state index in [9.17, 15) is 4.79 Å². The molecule has 1 aliphatic heterocycles. The Hall–Kier alpha value is -1.52. The molecule has 1 unspecified atom stereocenters. The van der Waals surface area contributed by atoms with Crippen LogP contribution in [0.15, 0.2) is 0 Å². The van der Waals surface area contributed by atoms with Crippen molar-refractivity contribution in [3.8, 4) is 0 Å². The van der Waals surface area contributed by atoms with Gasteiger partial charge < -0.3 is 14.6 Å². The Morgan fingerprint density at radius 2 is 2.11 bits per heavy atom. The van der Waals surface area contributed by atoms with Crippen LogP contribution in [0, 0.1) is 13.8 Å². The van der Waals surface area contributed by atoms with Gasteiger partial charge in [0.25, 0.3) is 0 Å². The minimum atomic E-state index is -0.437. The van der Waals surface area contributed by atoms with Gasteiger partial charge in [-0.3, -0.25) is 0 Å². The van der Waals surface area contributed by atoms with E-state index >= 15 is 0 Å². The number of carbonyl (C=O) groups is 1. The summed E-state index contributed by atoms with van der Waals surface area (Å²) in [4.78, 5) is 21.6. The van der Waals surface area contributed by atoms with Crippen molar-refractivity contribution in [2.45, 2.75) is 52.6 Å². The molecule has 1 saturated heterocycles. The standard InChI is InChI=1S/C14H23N3O2/c1-9-10(2)16-12(15-9)11-6-7-17(8-11)13(18)19-14(3,4)5/h11H,6-8H2,1-5H3,(H,15,16). The molecule has 0 saturated carbocycles. The fraction of sp³-hybridized carbons (Fsp3) is 0.714. The molecule has 0 radical (unpaired) electrons. The molecule has 2 rings (SSSR count). The van der Waals surface area contributed by atoms with E-state index < -0.39 is 5.60 Å². The Balaban J connectivity index is 1.98. The molecule has 5 nitrogen and oxygen atoms in total. The quantitative estimate of drug-likeness (QED) is 0.849. The lowest BCUT2D eigenvalue weighted by molar-refractivity contribution is 0.0292. The lowest BCUT2D eigenvalue weighted by Crippen LogP contribution is -2.35. The summed E-state index contributed by atoms with van der Waals surface area (Å²) in [5.74, 6) is 1.28. The lowest BCUT2D eigenvalue weighted by atomic mass is 10.1. The van der Waals surface area contributed by atoms with E-state index in [-0.39, 0.29) is 6.09 Å². The number of rotatable bonds is 1. The number of aromatic amines is 1. The molecule has 1 amide bonds. The maximum absolute atomic E-state index is 12.0. The van der Waals surface area contributed by atoms with Crippen LogP contribution in [-0.2, 0) is 4.74 Å². The molecule has 0 bridgehead atoms. The highest BCUT2D eigenvalue weighted by molar-refractivity contribution is 5.68. The third-order valence-electron chi connectivity index (χ3n) is 3.37. The van der Waals surface area contributed by atoms with Crippen molar-refractivity contribution in [2.24, 2.45) is 0 Å². The number of aromatic nitrogens is 2. The summed E-state index contributed by atoms with van der Waals surface area (Å²) in [6.45, 7) is 11.1. The summed E-state index contributed by atoms with van der Waals surface area (Å²) in [6, 6.07) is 0. The number of hydrogen-bond donors (Lipinski definition) is 1. The first kappa shape index (κ1) is 13.9. The summed E-state index contributed by atoms with van der Waals surface area (Å²) in [6.07, 6.45) is 0.709. The summed E-state index contributed by atoms with van der Waals surface area (Å²) in [5, 5.41) is 0. The third kappa shape index (κ3) is 3.28. The fourth-order valence-electron chi connectivity index (χ4n) is 2.24. The van der Waals surface area contributed by atoms with E-state index in [1.54, 1.807) is 4.90 Å². The van der Waals surface area contributed by atoms with Crippen LogP contribution in [0.5, 0.6) is 0 Å². The average molecular weight is 265 g/mol. The monoisotopic (exact) mass is 265 g/mol. The molecule has 1 aromatic rings. The number of amides is 1. The second-order valence-electron chi connectivity index (χ2n) is 6.24. The second kappa shape index (κ2) is 4.87. The Labute approximate surface area is 114 Å². The van der Waals surface area contributed by atoms with Gasteiger partial charge >= 0.3 is 6.09 Å². The van der Waals surface area contributed by atoms with Crippen LogP contribution in [0.3, 0.4) is 0 Å². The van der Waals surface area contributed by atoms with Gasteiger partial charge in [0.2, 0.25) is 0 Å². The van der Waals surface area contributed by atoms with Crippen LogP contribution in [-0.4, -0.2) is 39.7 Å². The van der Waals surface area contributed by atoms with Crippen molar-refractivity contribution >= 4 is 6.09 Å². The molecule has 5 heteroatoms. The zero-order chi connectivity index (χ0) is 14.2. The highest BCUT2D eigenvalue weighted by atomic mass is 16.6. The zero-order valence-electron chi connectivity index (χ0n) is 12.4. The van der Waals surface area contributed by atoms with Gasteiger partial charge in [-0.1, -0.05) is 0 Å². The number of nitrogens with zero attached hydrogens (tertiary/aromatic N) is 2. The molecular formula is C14H23N3O2. The molecule has 1 atom stereocenters. The first-order chi connectivity index (χ1) is 8.76. The summed E-state index contributed by atoms with van der Waals surface area (Å²) < 4.78 is 5.39. The first-order valence-corrected chi connectivity index (χ1v) is 6.77.